The van der Waals surface area contributed by atoms with E-state index in [9.17, 15) is 19.1 Å². The van der Waals surface area contributed by atoms with E-state index < -0.39 is 30.1 Å². The highest BCUT2D eigenvalue weighted by atomic mass is 19.1. The Hall–Kier alpha value is -3.30. The Morgan fingerprint density at radius 3 is 2.63 bits per heavy atom. The highest BCUT2D eigenvalue weighted by Gasteiger charge is 2.29. The predicted molar refractivity (Wildman–Crippen MR) is 108 cm³/mol. The van der Waals surface area contributed by atoms with Crippen LogP contribution in [0.4, 0.5) is 14.9 Å². The minimum Gasteiger partial charge on any atom is -0.394 e. The first kappa shape index (κ1) is 21.4. The number of urea groups is 1. The molecule has 4 N–H and O–H groups in total. The topological polar surface area (TPSA) is 113 Å². The van der Waals surface area contributed by atoms with Crippen LogP contribution < -0.4 is 16.0 Å². The summed E-state index contributed by atoms with van der Waals surface area (Å²) in [5.41, 5.74) is 1.17. The van der Waals surface area contributed by atoms with E-state index >= 15 is 0 Å². The second-order valence-electron chi connectivity index (χ2n) is 6.71. The van der Waals surface area contributed by atoms with E-state index in [0.29, 0.717) is 12.2 Å². The number of halogens is 1. The Kier molecular flexibility index (Phi) is 7.47. The second-order valence-corrected chi connectivity index (χ2v) is 6.71. The molecule has 158 valence electrons. The summed E-state index contributed by atoms with van der Waals surface area (Å²) in [6.45, 7) is -0.0227. The molecule has 1 aromatic heterocycles. The van der Waals surface area contributed by atoms with Gasteiger partial charge in [0.1, 0.15) is 11.9 Å². The van der Waals surface area contributed by atoms with Crippen LogP contribution in [0, 0.1) is 5.82 Å². The molecule has 0 saturated heterocycles. The van der Waals surface area contributed by atoms with Crippen LogP contribution in [0.25, 0.3) is 0 Å². The Morgan fingerprint density at radius 2 is 1.93 bits per heavy atom. The number of benzene rings is 1. The molecule has 2 aromatic rings. The zero-order valence-corrected chi connectivity index (χ0v) is 16.1. The SMILES string of the molecule is O=C(C[C@@H]1C=C[C@@H](NC(=O)Nc2ccc(F)cc2)[C@H](CO)O1)NCc1ccccn1. The zero-order chi connectivity index (χ0) is 21.3. The molecule has 9 heteroatoms. The lowest BCUT2D eigenvalue weighted by molar-refractivity contribution is -0.125. The Bertz CT molecular complexity index is 876. The van der Waals surface area contributed by atoms with E-state index in [1.165, 1.54) is 24.3 Å². The number of anilines is 1. The molecule has 0 bridgehead atoms. The molecule has 1 aliphatic heterocycles. The van der Waals surface area contributed by atoms with Gasteiger partial charge in [-0.1, -0.05) is 18.2 Å². The number of ether oxygens (including phenoxy) is 1. The number of hydrogen-bond acceptors (Lipinski definition) is 5. The third kappa shape index (κ3) is 6.36. The molecule has 0 fully saturated rings. The van der Waals surface area contributed by atoms with Crippen molar-refractivity contribution >= 4 is 17.6 Å². The highest BCUT2D eigenvalue weighted by Crippen LogP contribution is 2.16. The van der Waals surface area contributed by atoms with Crippen molar-refractivity contribution in [2.24, 2.45) is 0 Å². The fourth-order valence-electron chi connectivity index (χ4n) is 2.93. The summed E-state index contributed by atoms with van der Waals surface area (Å²) in [5.74, 6) is -0.618. The average molecular weight is 414 g/mol. The molecular weight excluding hydrogens is 391 g/mol. The van der Waals surface area contributed by atoms with Crippen LogP contribution in [-0.2, 0) is 16.1 Å². The predicted octanol–water partition coefficient (Wildman–Crippen LogP) is 1.73. The number of nitrogens with zero attached hydrogens (tertiary/aromatic N) is 1. The summed E-state index contributed by atoms with van der Waals surface area (Å²) in [5, 5.41) is 17.6. The number of amides is 3. The first-order valence-corrected chi connectivity index (χ1v) is 9.48. The van der Waals surface area contributed by atoms with E-state index in [2.05, 4.69) is 20.9 Å². The van der Waals surface area contributed by atoms with Crippen LogP contribution in [0.3, 0.4) is 0 Å². The van der Waals surface area contributed by atoms with Gasteiger partial charge in [0, 0.05) is 11.9 Å². The average Bonchev–Trinajstić information content (AvgIpc) is 2.75. The number of aliphatic hydroxyl groups excluding tert-OH is 1. The fraction of sp³-hybridized carbons (Fsp3) is 0.286. The van der Waals surface area contributed by atoms with Crippen LogP contribution in [0.1, 0.15) is 12.1 Å². The number of nitrogens with one attached hydrogen (secondary N) is 3. The van der Waals surface area contributed by atoms with Gasteiger partial charge in [0.05, 0.1) is 37.4 Å². The molecular formula is C21H23FN4O4. The number of aliphatic hydroxyl groups is 1. The number of aromatic nitrogens is 1. The van der Waals surface area contributed by atoms with E-state index in [1.54, 1.807) is 24.4 Å². The first-order chi connectivity index (χ1) is 14.5. The molecule has 3 amide bonds. The molecule has 0 unspecified atom stereocenters. The molecule has 1 aromatic carbocycles. The van der Waals surface area contributed by atoms with Gasteiger partial charge in [0.2, 0.25) is 5.91 Å². The molecule has 0 spiro atoms. The van der Waals surface area contributed by atoms with Crippen molar-refractivity contribution in [3.63, 3.8) is 0 Å². The van der Waals surface area contributed by atoms with Crippen LogP contribution in [0.2, 0.25) is 0 Å². The molecule has 3 atom stereocenters. The maximum absolute atomic E-state index is 12.9. The minimum atomic E-state index is -0.706. The highest BCUT2D eigenvalue weighted by molar-refractivity contribution is 5.89. The Morgan fingerprint density at radius 1 is 1.13 bits per heavy atom. The van der Waals surface area contributed by atoms with Crippen LogP contribution in [0.15, 0.2) is 60.8 Å². The molecule has 3 rings (SSSR count). The number of rotatable bonds is 7. The van der Waals surface area contributed by atoms with Gasteiger partial charge in [0.15, 0.2) is 0 Å². The van der Waals surface area contributed by atoms with Crippen LogP contribution in [0.5, 0.6) is 0 Å². The smallest absolute Gasteiger partial charge is 0.319 e. The van der Waals surface area contributed by atoms with Gasteiger partial charge in [-0.05, 0) is 36.4 Å². The third-order valence-corrected chi connectivity index (χ3v) is 4.44. The molecule has 2 heterocycles. The van der Waals surface area contributed by atoms with Crippen LogP contribution >= 0.6 is 0 Å². The standard InChI is InChI=1S/C21H23FN4O4/c22-14-4-6-15(7-5-14)25-21(29)26-18-9-8-17(30-19(18)13-27)11-20(28)24-12-16-3-1-2-10-23-16/h1-10,17-19,27H,11-13H2,(H,24,28)(H2,25,26,29)/t17-,18+,19-/m0/s1. The lowest BCUT2D eigenvalue weighted by Gasteiger charge is -2.31. The van der Waals surface area contributed by atoms with Crippen molar-refractivity contribution < 1.29 is 23.8 Å². The fourth-order valence-corrected chi connectivity index (χ4v) is 2.93. The Balaban J connectivity index is 1.48. The Labute approximate surface area is 173 Å². The number of carbonyl (C=O) groups excluding carboxylic acids is 2. The largest absolute Gasteiger partial charge is 0.394 e. The maximum Gasteiger partial charge on any atom is 0.319 e. The maximum atomic E-state index is 12.9. The van der Waals surface area contributed by atoms with Gasteiger partial charge >= 0.3 is 6.03 Å². The lowest BCUT2D eigenvalue weighted by atomic mass is 10.0. The van der Waals surface area contributed by atoms with Crippen molar-refractivity contribution in [2.45, 2.75) is 31.2 Å². The molecule has 0 aliphatic carbocycles. The van der Waals surface area contributed by atoms with Crippen molar-refractivity contribution in [3.05, 3.63) is 72.3 Å². The number of carbonyl (C=O) groups is 2. The van der Waals surface area contributed by atoms with Gasteiger partial charge in [-0.2, -0.15) is 0 Å². The summed E-state index contributed by atoms with van der Waals surface area (Å²) in [7, 11) is 0. The van der Waals surface area contributed by atoms with Crippen molar-refractivity contribution in [1.82, 2.24) is 15.6 Å². The van der Waals surface area contributed by atoms with Gasteiger partial charge < -0.3 is 25.8 Å². The first-order valence-electron chi connectivity index (χ1n) is 9.48. The van der Waals surface area contributed by atoms with Gasteiger partial charge in [0.25, 0.3) is 0 Å². The van der Waals surface area contributed by atoms with Crippen LogP contribution in [-0.4, -0.2) is 46.9 Å². The van der Waals surface area contributed by atoms with Crippen molar-refractivity contribution in [1.29, 1.82) is 0 Å². The van der Waals surface area contributed by atoms with E-state index in [0.717, 1.165) is 5.69 Å². The summed E-state index contributed by atoms with van der Waals surface area (Å²) in [6.07, 6.45) is 3.86. The van der Waals surface area contributed by atoms with Gasteiger partial charge in [-0.15, -0.1) is 0 Å². The van der Waals surface area contributed by atoms with E-state index in [-0.39, 0.29) is 18.9 Å². The van der Waals surface area contributed by atoms with Crippen molar-refractivity contribution in [3.8, 4) is 0 Å². The molecule has 1 aliphatic rings. The van der Waals surface area contributed by atoms with E-state index in [1.807, 2.05) is 12.1 Å². The third-order valence-electron chi connectivity index (χ3n) is 4.44. The summed E-state index contributed by atoms with van der Waals surface area (Å²) < 4.78 is 18.7. The van der Waals surface area contributed by atoms with Crippen molar-refractivity contribution in [2.75, 3.05) is 11.9 Å². The normalized spacial score (nSPS) is 20.4. The molecule has 30 heavy (non-hydrogen) atoms. The zero-order valence-electron chi connectivity index (χ0n) is 16.1. The van der Waals surface area contributed by atoms with Gasteiger partial charge in [-0.25, -0.2) is 9.18 Å². The summed E-state index contributed by atoms with van der Waals surface area (Å²) >= 11 is 0. The summed E-state index contributed by atoms with van der Waals surface area (Å²) in [6, 6.07) is 9.69. The summed E-state index contributed by atoms with van der Waals surface area (Å²) in [4.78, 5) is 28.4. The minimum absolute atomic E-state index is 0.0777. The molecule has 0 saturated carbocycles. The van der Waals surface area contributed by atoms with Gasteiger partial charge in [-0.3, -0.25) is 9.78 Å². The lowest BCUT2D eigenvalue weighted by Crippen LogP contribution is -2.50. The second kappa shape index (κ2) is 10.5. The number of pyridine rings is 1. The number of hydrogen-bond donors (Lipinski definition) is 4. The molecule has 0 radical (unpaired) electrons. The quantitative estimate of drug-likeness (QED) is 0.516. The van der Waals surface area contributed by atoms with E-state index in [4.69, 9.17) is 4.74 Å². The monoisotopic (exact) mass is 414 g/mol. The molecule has 8 nitrogen and oxygen atoms in total.